The molecule has 1 N–H and O–H groups in total. The van der Waals surface area contributed by atoms with E-state index in [-0.39, 0.29) is 35.9 Å². The van der Waals surface area contributed by atoms with Gasteiger partial charge in [-0.2, -0.15) is 0 Å². The maximum atomic E-state index is 13.8. The van der Waals surface area contributed by atoms with Crippen LogP contribution in [-0.4, -0.2) is 58.7 Å². The van der Waals surface area contributed by atoms with Gasteiger partial charge in [-0.3, -0.25) is 14.4 Å². The van der Waals surface area contributed by atoms with Gasteiger partial charge in [0, 0.05) is 56.3 Å². The molecule has 1 aliphatic heterocycles. The Morgan fingerprint density at radius 3 is 2.61 bits per heavy atom. The second kappa shape index (κ2) is 11.2. The first-order valence-electron chi connectivity index (χ1n) is 14.3. The van der Waals surface area contributed by atoms with Crippen molar-refractivity contribution in [1.29, 1.82) is 0 Å². The van der Waals surface area contributed by atoms with Gasteiger partial charge in [0.15, 0.2) is 0 Å². The number of para-hydroxylation sites is 1. The van der Waals surface area contributed by atoms with Gasteiger partial charge in [-0.05, 0) is 56.4 Å². The number of halogens is 1. The number of aryl methyl sites for hydroxylation is 1. The Morgan fingerprint density at radius 2 is 1.83 bits per heavy atom. The zero-order valence-electron chi connectivity index (χ0n) is 23.4. The maximum absolute atomic E-state index is 13.8. The van der Waals surface area contributed by atoms with Crippen molar-refractivity contribution >= 4 is 50.9 Å². The van der Waals surface area contributed by atoms with Gasteiger partial charge in [0.2, 0.25) is 11.8 Å². The monoisotopic (exact) mass is 575 g/mol. The second-order valence-electron chi connectivity index (χ2n) is 11.2. The van der Waals surface area contributed by atoms with Crippen LogP contribution in [0.5, 0.6) is 0 Å². The van der Waals surface area contributed by atoms with Crippen molar-refractivity contribution < 1.29 is 14.1 Å². The molecule has 4 aromatic rings. The molecule has 0 radical (unpaired) electrons. The summed E-state index contributed by atoms with van der Waals surface area (Å²) in [6, 6.07) is 13.4. The van der Waals surface area contributed by atoms with E-state index >= 15 is 0 Å². The Balaban J connectivity index is 1.20. The number of nitrogens with one attached hydrogen (secondary N) is 1. The molecule has 2 aromatic carbocycles. The SMILES string of the molecule is CC(=O)N1CCN(c2ccccc2CC(=O)N[C@H]2CCC[C@@H](n3c(=O)c4c(C)onc4c4c(Cl)cccc43)C2)CC1. The topological polar surface area (TPSA) is 101 Å². The highest BCUT2D eigenvalue weighted by Crippen LogP contribution is 2.35. The Kier molecular flexibility index (Phi) is 7.46. The van der Waals surface area contributed by atoms with Gasteiger partial charge in [0.25, 0.3) is 5.56 Å². The standard InChI is InChI=1S/C31H34ClN5O4/c1-19-28-30(34-41-19)29-24(32)10-6-12-26(29)37(31(28)40)23-9-5-8-22(18-23)33-27(39)17-21-7-3-4-11-25(21)36-15-13-35(14-16-36)20(2)38/h3-4,6-7,10-12,22-23H,5,8-9,13-18H2,1-2H3,(H,33,39)/t22-,23+/m0/s1. The Morgan fingerprint density at radius 1 is 1.05 bits per heavy atom. The maximum Gasteiger partial charge on any atom is 0.264 e. The molecule has 2 aliphatic rings. The van der Waals surface area contributed by atoms with Gasteiger partial charge in [0.1, 0.15) is 16.7 Å². The molecule has 10 heteroatoms. The van der Waals surface area contributed by atoms with E-state index in [0.717, 1.165) is 49.1 Å². The fourth-order valence-corrected chi connectivity index (χ4v) is 6.81. The Hall–Kier alpha value is -3.85. The molecule has 1 saturated carbocycles. The molecule has 2 amide bonds. The van der Waals surface area contributed by atoms with Crippen LogP contribution in [0.15, 0.2) is 51.8 Å². The minimum absolute atomic E-state index is 0.0314. The van der Waals surface area contributed by atoms with Gasteiger partial charge in [-0.15, -0.1) is 0 Å². The Labute approximate surface area is 243 Å². The lowest BCUT2D eigenvalue weighted by molar-refractivity contribution is -0.129. The summed E-state index contributed by atoms with van der Waals surface area (Å²) >= 11 is 6.60. The van der Waals surface area contributed by atoms with Gasteiger partial charge in [-0.25, -0.2) is 0 Å². The van der Waals surface area contributed by atoms with Crippen LogP contribution in [0.2, 0.25) is 5.02 Å². The normalized spacial score (nSPS) is 19.6. The summed E-state index contributed by atoms with van der Waals surface area (Å²) in [6.07, 6.45) is 3.51. The first-order chi connectivity index (χ1) is 19.8. The molecule has 2 fully saturated rings. The van der Waals surface area contributed by atoms with Crippen LogP contribution in [0.25, 0.3) is 21.8 Å². The Bertz CT molecular complexity index is 1690. The molecular formula is C31H34ClN5O4. The molecule has 2 aromatic heterocycles. The number of aromatic nitrogens is 2. The average molecular weight is 576 g/mol. The average Bonchev–Trinajstić information content (AvgIpc) is 3.35. The summed E-state index contributed by atoms with van der Waals surface area (Å²) in [7, 11) is 0. The summed E-state index contributed by atoms with van der Waals surface area (Å²) in [5, 5.41) is 9.11. The number of benzene rings is 2. The van der Waals surface area contributed by atoms with E-state index in [1.54, 1.807) is 19.9 Å². The number of piperazine rings is 1. The molecule has 41 heavy (non-hydrogen) atoms. The molecule has 9 nitrogen and oxygen atoms in total. The van der Waals surface area contributed by atoms with Crippen LogP contribution in [0.3, 0.4) is 0 Å². The largest absolute Gasteiger partial charge is 0.368 e. The molecule has 0 unspecified atom stereocenters. The smallest absolute Gasteiger partial charge is 0.264 e. The third kappa shape index (κ3) is 5.19. The van der Waals surface area contributed by atoms with E-state index in [2.05, 4.69) is 15.4 Å². The van der Waals surface area contributed by atoms with Crippen LogP contribution >= 0.6 is 11.6 Å². The summed E-state index contributed by atoms with van der Waals surface area (Å²) < 4.78 is 7.24. The van der Waals surface area contributed by atoms with Gasteiger partial charge < -0.3 is 24.2 Å². The predicted octanol–water partition coefficient (Wildman–Crippen LogP) is 4.62. The molecule has 3 heterocycles. The third-order valence-electron chi connectivity index (χ3n) is 8.57. The first-order valence-corrected chi connectivity index (χ1v) is 14.7. The summed E-state index contributed by atoms with van der Waals surface area (Å²) in [5.74, 6) is 0.539. The number of fused-ring (bicyclic) bond motifs is 3. The third-order valence-corrected chi connectivity index (χ3v) is 8.88. The van der Waals surface area contributed by atoms with Crippen molar-refractivity contribution in [3.05, 3.63) is 69.2 Å². The van der Waals surface area contributed by atoms with Gasteiger partial charge >= 0.3 is 0 Å². The van der Waals surface area contributed by atoms with Crippen LogP contribution in [-0.2, 0) is 16.0 Å². The summed E-state index contributed by atoms with van der Waals surface area (Å²) in [5.41, 5.74) is 3.10. The number of amides is 2. The number of pyridine rings is 1. The highest BCUT2D eigenvalue weighted by Gasteiger charge is 2.29. The van der Waals surface area contributed by atoms with Crippen LogP contribution in [0, 0.1) is 6.92 Å². The van der Waals surface area contributed by atoms with Crippen molar-refractivity contribution in [3.8, 4) is 0 Å². The number of nitrogens with zero attached hydrogens (tertiary/aromatic N) is 4. The number of rotatable bonds is 5. The van der Waals surface area contributed by atoms with Crippen LogP contribution in [0.1, 0.15) is 50.0 Å². The van der Waals surface area contributed by atoms with Crippen molar-refractivity contribution in [3.63, 3.8) is 0 Å². The minimum Gasteiger partial charge on any atom is -0.368 e. The zero-order chi connectivity index (χ0) is 28.7. The molecule has 0 spiro atoms. The van der Waals surface area contributed by atoms with Crippen molar-refractivity contribution in [2.24, 2.45) is 0 Å². The van der Waals surface area contributed by atoms with E-state index < -0.39 is 0 Å². The molecule has 0 bridgehead atoms. The lowest BCUT2D eigenvalue weighted by atomic mass is 9.90. The highest BCUT2D eigenvalue weighted by atomic mass is 35.5. The quantitative estimate of drug-likeness (QED) is 0.373. The molecule has 6 rings (SSSR count). The highest BCUT2D eigenvalue weighted by molar-refractivity contribution is 6.37. The van der Waals surface area contributed by atoms with Gasteiger partial charge in [-0.1, -0.05) is 41.0 Å². The molecule has 2 atom stereocenters. The fraction of sp³-hybridized carbons (Fsp3) is 0.419. The number of hydrogen-bond acceptors (Lipinski definition) is 6. The number of hydrogen-bond donors (Lipinski definition) is 1. The number of carbonyl (C=O) groups excluding carboxylic acids is 2. The van der Waals surface area contributed by atoms with Crippen molar-refractivity contribution in [2.45, 2.75) is 58.0 Å². The van der Waals surface area contributed by atoms with E-state index in [9.17, 15) is 14.4 Å². The van der Waals surface area contributed by atoms with Crippen LogP contribution < -0.4 is 15.8 Å². The molecular weight excluding hydrogens is 542 g/mol. The first kappa shape index (κ1) is 27.3. The van der Waals surface area contributed by atoms with Crippen molar-refractivity contribution in [2.75, 3.05) is 31.1 Å². The van der Waals surface area contributed by atoms with Gasteiger partial charge in [0.05, 0.1) is 17.0 Å². The lowest BCUT2D eigenvalue weighted by Gasteiger charge is -2.36. The molecule has 214 valence electrons. The molecule has 1 aliphatic carbocycles. The van der Waals surface area contributed by atoms with Crippen molar-refractivity contribution in [1.82, 2.24) is 19.9 Å². The van der Waals surface area contributed by atoms with E-state index in [1.165, 1.54) is 0 Å². The van der Waals surface area contributed by atoms with E-state index in [1.807, 2.05) is 45.9 Å². The fourth-order valence-electron chi connectivity index (χ4n) is 6.55. The lowest BCUT2D eigenvalue weighted by Crippen LogP contribution is -2.48. The van der Waals surface area contributed by atoms with E-state index in [4.69, 9.17) is 16.1 Å². The van der Waals surface area contributed by atoms with E-state index in [0.29, 0.717) is 46.6 Å². The van der Waals surface area contributed by atoms with Crippen LogP contribution in [0.4, 0.5) is 5.69 Å². The summed E-state index contributed by atoms with van der Waals surface area (Å²) in [4.78, 5) is 42.9. The zero-order valence-corrected chi connectivity index (χ0v) is 24.1. The number of anilines is 1. The second-order valence-corrected chi connectivity index (χ2v) is 11.6. The number of carbonyl (C=O) groups is 2. The minimum atomic E-state index is -0.135. The summed E-state index contributed by atoms with van der Waals surface area (Å²) in [6.45, 7) is 6.19. The predicted molar refractivity (Wildman–Crippen MR) is 160 cm³/mol. The molecule has 1 saturated heterocycles.